The van der Waals surface area contributed by atoms with E-state index in [-0.39, 0.29) is 0 Å². The highest BCUT2D eigenvalue weighted by Gasteiger charge is 2.25. The monoisotopic (exact) mass is 236 g/mol. The number of methoxy groups -OCH3 is 1. The predicted molar refractivity (Wildman–Crippen MR) is 67.5 cm³/mol. The summed E-state index contributed by atoms with van der Waals surface area (Å²) in [5, 5.41) is 3.40. The van der Waals surface area contributed by atoms with Gasteiger partial charge in [0.15, 0.2) is 0 Å². The summed E-state index contributed by atoms with van der Waals surface area (Å²) in [6.07, 6.45) is 4.01. The number of anilines is 1. The van der Waals surface area contributed by atoms with Crippen molar-refractivity contribution in [2.75, 3.05) is 31.6 Å². The highest BCUT2D eigenvalue weighted by atomic mass is 16.5. The number of ether oxygens (including phenoxy) is 1. The van der Waals surface area contributed by atoms with Gasteiger partial charge in [-0.2, -0.15) is 0 Å². The van der Waals surface area contributed by atoms with E-state index in [4.69, 9.17) is 4.74 Å². The van der Waals surface area contributed by atoms with E-state index in [0.29, 0.717) is 11.9 Å². The van der Waals surface area contributed by atoms with Crippen LogP contribution in [0.5, 0.6) is 5.88 Å². The molecule has 1 fully saturated rings. The predicted octanol–water partition coefficient (Wildman–Crippen LogP) is 1.06. The first-order valence-electron chi connectivity index (χ1n) is 6.18. The lowest BCUT2D eigenvalue weighted by Crippen LogP contribution is -2.38. The molecule has 1 saturated heterocycles. The molecule has 0 amide bonds. The van der Waals surface area contributed by atoms with Crippen molar-refractivity contribution in [2.45, 2.75) is 25.8 Å². The highest BCUT2D eigenvalue weighted by molar-refractivity contribution is 5.43. The van der Waals surface area contributed by atoms with E-state index >= 15 is 0 Å². The van der Waals surface area contributed by atoms with Gasteiger partial charge in [-0.3, -0.25) is 0 Å². The molecule has 1 aromatic heterocycles. The minimum atomic E-state index is 0.537. The topological polar surface area (TPSA) is 50.3 Å². The van der Waals surface area contributed by atoms with Crippen molar-refractivity contribution < 1.29 is 4.74 Å². The lowest BCUT2D eigenvalue weighted by molar-refractivity contribution is 0.396. The summed E-state index contributed by atoms with van der Waals surface area (Å²) in [7, 11) is 1.63. The average molecular weight is 236 g/mol. The first-order valence-corrected chi connectivity index (χ1v) is 6.18. The number of hydrogen-bond donors (Lipinski definition) is 1. The van der Waals surface area contributed by atoms with Crippen LogP contribution in [-0.4, -0.2) is 42.8 Å². The quantitative estimate of drug-likeness (QED) is 0.828. The van der Waals surface area contributed by atoms with Crippen LogP contribution in [0.15, 0.2) is 12.4 Å². The Morgan fingerprint density at radius 2 is 2.41 bits per heavy atom. The molecular weight excluding hydrogens is 216 g/mol. The number of likely N-dealkylation sites (N-methyl/N-ethyl adjacent to an activating group) is 1. The first-order chi connectivity index (χ1) is 8.35. The van der Waals surface area contributed by atoms with Crippen molar-refractivity contribution in [1.82, 2.24) is 15.3 Å². The van der Waals surface area contributed by atoms with E-state index in [1.165, 1.54) is 12.8 Å². The van der Waals surface area contributed by atoms with Crippen LogP contribution in [0.1, 0.15) is 19.8 Å². The molecule has 0 spiro atoms. The van der Waals surface area contributed by atoms with Crippen LogP contribution in [0.2, 0.25) is 0 Å². The van der Waals surface area contributed by atoms with Crippen LogP contribution in [0.25, 0.3) is 0 Å². The number of hydrogen-bond acceptors (Lipinski definition) is 5. The normalized spacial score (nSPS) is 19.6. The molecule has 17 heavy (non-hydrogen) atoms. The lowest BCUT2D eigenvalue weighted by Gasteiger charge is -2.25. The molecule has 1 aliphatic rings. The molecule has 0 aromatic carbocycles. The van der Waals surface area contributed by atoms with Crippen molar-refractivity contribution in [1.29, 1.82) is 0 Å². The summed E-state index contributed by atoms with van der Waals surface area (Å²) < 4.78 is 5.14. The van der Waals surface area contributed by atoms with Crippen LogP contribution >= 0.6 is 0 Å². The maximum Gasteiger partial charge on any atom is 0.218 e. The fourth-order valence-electron chi connectivity index (χ4n) is 2.26. The Bertz CT molecular complexity index is 358. The van der Waals surface area contributed by atoms with Crippen molar-refractivity contribution in [3.05, 3.63) is 12.4 Å². The SMILES string of the molecule is CCNCC1CCCN1c1cc(OC)ncn1. The number of rotatable bonds is 5. The Morgan fingerprint density at radius 1 is 1.53 bits per heavy atom. The molecule has 0 aliphatic carbocycles. The van der Waals surface area contributed by atoms with Gasteiger partial charge < -0.3 is 15.0 Å². The van der Waals surface area contributed by atoms with E-state index in [2.05, 4.69) is 27.1 Å². The lowest BCUT2D eigenvalue weighted by atomic mass is 10.2. The fraction of sp³-hybridized carbons (Fsp3) is 0.667. The Balaban J connectivity index is 2.08. The van der Waals surface area contributed by atoms with Crippen molar-refractivity contribution in [2.24, 2.45) is 0 Å². The van der Waals surface area contributed by atoms with Gasteiger partial charge in [0.05, 0.1) is 7.11 Å². The zero-order valence-corrected chi connectivity index (χ0v) is 10.5. The molecular formula is C12H20N4O. The Labute approximate surface area is 102 Å². The fourth-order valence-corrected chi connectivity index (χ4v) is 2.26. The molecule has 0 radical (unpaired) electrons. The van der Waals surface area contributed by atoms with Crippen LogP contribution < -0.4 is 15.0 Å². The molecule has 2 rings (SSSR count). The van der Waals surface area contributed by atoms with Crippen molar-refractivity contribution >= 4 is 5.82 Å². The number of nitrogens with one attached hydrogen (secondary N) is 1. The second-order valence-corrected chi connectivity index (χ2v) is 4.22. The van der Waals surface area contributed by atoms with Crippen LogP contribution in [0, 0.1) is 0 Å². The first kappa shape index (κ1) is 12.1. The summed E-state index contributed by atoms with van der Waals surface area (Å²) in [4.78, 5) is 10.7. The van der Waals surface area contributed by atoms with Crippen LogP contribution in [0.4, 0.5) is 5.82 Å². The smallest absolute Gasteiger partial charge is 0.218 e. The Morgan fingerprint density at radius 3 is 3.18 bits per heavy atom. The summed E-state index contributed by atoms with van der Waals surface area (Å²) in [6.45, 7) is 5.23. The van der Waals surface area contributed by atoms with Crippen molar-refractivity contribution in [3.63, 3.8) is 0 Å². The second-order valence-electron chi connectivity index (χ2n) is 4.22. The molecule has 1 aliphatic heterocycles. The van der Waals surface area contributed by atoms with Gasteiger partial charge >= 0.3 is 0 Å². The molecule has 1 unspecified atom stereocenters. The third kappa shape index (κ3) is 2.85. The molecule has 2 heterocycles. The standard InChI is InChI=1S/C12H20N4O/c1-3-13-8-10-5-4-6-16(10)11-7-12(17-2)15-9-14-11/h7,9-10,13H,3-6,8H2,1-2H3. The minimum absolute atomic E-state index is 0.537. The van der Waals surface area contributed by atoms with Gasteiger partial charge in [-0.1, -0.05) is 6.92 Å². The molecule has 5 heteroatoms. The van der Waals surface area contributed by atoms with E-state index < -0.39 is 0 Å². The molecule has 1 atom stereocenters. The maximum atomic E-state index is 5.14. The van der Waals surface area contributed by atoms with Gasteiger partial charge in [0.1, 0.15) is 12.1 Å². The van der Waals surface area contributed by atoms with Crippen LogP contribution in [0.3, 0.4) is 0 Å². The average Bonchev–Trinajstić information content (AvgIpc) is 2.84. The second kappa shape index (κ2) is 5.82. The molecule has 0 saturated carbocycles. The zero-order valence-electron chi connectivity index (χ0n) is 10.5. The van der Waals surface area contributed by atoms with Gasteiger partial charge in [0, 0.05) is 25.2 Å². The van der Waals surface area contributed by atoms with Gasteiger partial charge in [-0.05, 0) is 19.4 Å². The number of nitrogens with zero attached hydrogens (tertiary/aromatic N) is 3. The van der Waals surface area contributed by atoms with Gasteiger partial charge in [0.2, 0.25) is 5.88 Å². The Kier molecular flexibility index (Phi) is 4.14. The largest absolute Gasteiger partial charge is 0.481 e. The third-order valence-electron chi connectivity index (χ3n) is 3.14. The highest BCUT2D eigenvalue weighted by Crippen LogP contribution is 2.24. The minimum Gasteiger partial charge on any atom is -0.481 e. The summed E-state index contributed by atoms with van der Waals surface area (Å²) in [5.41, 5.74) is 0. The summed E-state index contributed by atoms with van der Waals surface area (Å²) >= 11 is 0. The molecule has 0 bridgehead atoms. The molecule has 1 aromatic rings. The molecule has 1 N–H and O–H groups in total. The van der Waals surface area contributed by atoms with Crippen LogP contribution in [-0.2, 0) is 0 Å². The van der Waals surface area contributed by atoms with Gasteiger partial charge in [0.25, 0.3) is 0 Å². The third-order valence-corrected chi connectivity index (χ3v) is 3.14. The van der Waals surface area contributed by atoms with E-state index in [1.807, 2.05) is 6.07 Å². The number of aromatic nitrogens is 2. The Hall–Kier alpha value is -1.36. The summed E-state index contributed by atoms with van der Waals surface area (Å²) in [5.74, 6) is 1.60. The van der Waals surface area contributed by atoms with Gasteiger partial charge in [-0.25, -0.2) is 9.97 Å². The summed E-state index contributed by atoms with van der Waals surface area (Å²) in [6, 6.07) is 2.44. The van der Waals surface area contributed by atoms with E-state index in [0.717, 1.165) is 25.5 Å². The zero-order chi connectivity index (χ0) is 12.1. The van der Waals surface area contributed by atoms with Crippen molar-refractivity contribution in [3.8, 4) is 5.88 Å². The molecule has 5 nitrogen and oxygen atoms in total. The molecule has 94 valence electrons. The van der Waals surface area contributed by atoms with Gasteiger partial charge in [-0.15, -0.1) is 0 Å². The van der Waals surface area contributed by atoms with E-state index in [1.54, 1.807) is 13.4 Å². The maximum absolute atomic E-state index is 5.14. The van der Waals surface area contributed by atoms with E-state index in [9.17, 15) is 0 Å².